The van der Waals surface area contributed by atoms with Crippen LogP contribution in [0.15, 0.2) is 94.9 Å². The molecule has 2 aliphatic heterocycles. The highest BCUT2D eigenvalue weighted by molar-refractivity contribution is 6.72. The van der Waals surface area contributed by atoms with Gasteiger partial charge in [0.25, 0.3) is 17.0 Å². The molecule has 1 fully saturated rings. The zero-order chi connectivity index (χ0) is 38.4. The Balaban J connectivity index is 1.32. The average molecular weight is 755 g/mol. The first kappa shape index (κ1) is 37.0. The Labute approximate surface area is 312 Å². The molecular weight excluding hydrogens is 712 g/mol. The van der Waals surface area contributed by atoms with Crippen molar-refractivity contribution in [2.75, 3.05) is 25.7 Å². The number of pyridine rings is 2. The zero-order valence-electron chi connectivity index (χ0n) is 30.8. The van der Waals surface area contributed by atoms with Crippen LogP contribution in [0.4, 0.5) is 9.80 Å². The summed E-state index contributed by atoms with van der Waals surface area (Å²) in [5, 5.41) is 17.6. The molecule has 5 heterocycles. The molecule has 7 rings (SSSR count). The fourth-order valence-electron chi connectivity index (χ4n) is 8.20. The Hall–Kier alpha value is -5.38. The summed E-state index contributed by atoms with van der Waals surface area (Å²) in [6, 6.07) is 19.3. The van der Waals surface area contributed by atoms with Gasteiger partial charge in [-0.1, -0.05) is 24.3 Å². The third-order valence-electron chi connectivity index (χ3n) is 10.6. The van der Waals surface area contributed by atoms with Crippen molar-refractivity contribution in [2.24, 2.45) is 5.92 Å². The molecule has 1 amide bonds. The van der Waals surface area contributed by atoms with Crippen LogP contribution in [0, 0.1) is 5.92 Å². The number of hydrogen-bond donors (Lipinski definition) is 1. The number of halogens is 1. The first-order valence-corrected chi connectivity index (χ1v) is 20.8. The second-order valence-corrected chi connectivity index (χ2v) is 18.1. The number of aliphatic hydroxyl groups excluding tert-OH is 1. The molecule has 2 aliphatic rings. The van der Waals surface area contributed by atoms with Crippen LogP contribution in [0.2, 0.25) is 18.6 Å². The summed E-state index contributed by atoms with van der Waals surface area (Å²) >= 11 is 0. The number of rotatable bonds is 12. The number of ether oxygens (including phenoxy) is 3. The van der Waals surface area contributed by atoms with Crippen LogP contribution < -0.4 is 25.5 Å². The van der Waals surface area contributed by atoms with E-state index in [4.69, 9.17) is 14.2 Å². The van der Waals surface area contributed by atoms with E-state index in [0.29, 0.717) is 47.7 Å². The van der Waals surface area contributed by atoms with Crippen molar-refractivity contribution in [1.29, 1.82) is 0 Å². The predicted octanol–water partition coefficient (Wildman–Crippen LogP) is 4.54. The van der Waals surface area contributed by atoms with Crippen LogP contribution in [-0.4, -0.2) is 70.5 Å². The van der Waals surface area contributed by atoms with Gasteiger partial charge in [0.15, 0.2) is 17.1 Å². The Morgan fingerprint density at radius 2 is 1.59 bits per heavy atom. The smallest absolute Gasteiger partial charge is 0.297 e. The number of amides is 1. The molecule has 54 heavy (non-hydrogen) atoms. The van der Waals surface area contributed by atoms with E-state index in [1.54, 1.807) is 89.8 Å². The minimum Gasteiger partial charge on any atom is -0.491 e. The number of aryl methyl sites for hydroxylation is 1. The lowest BCUT2D eigenvalue weighted by molar-refractivity contribution is -0.146. The monoisotopic (exact) mass is 754 g/mol. The normalized spacial score (nSPS) is 20.8. The number of carbonyl (C=O) groups is 1. The van der Waals surface area contributed by atoms with E-state index in [2.05, 4.69) is 10.3 Å². The molecule has 0 radical (unpaired) electrons. The number of aliphatic hydroxyl groups is 1. The minimum absolute atomic E-state index is 0.0557. The molecule has 3 aromatic heterocycles. The van der Waals surface area contributed by atoms with Crippen molar-refractivity contribution in [3.63, 3.8) is 0 Å². The number of nitrogens with zero attached hydrogens (tertiary/aromatic N) is 6. The molecule has 0 unspecified atom stereocenters. The van der Waals surface area contributed by atoms with Gasteiger partial charge in [-0.05, 0) is 79.7 Å². The van der Waals surface area contributed by atoms with Crippen molar-refractivity contribution in [3.8, 4) is 22.9 Å². The van der Waals surface area contributed by atoms with Crippen LogP contribution in [-0.2, 0) is 34.6 Å². The van der Waals surface area contributed by atoms with Crippen LogP contribution in [0.1, 0.15) is 30.2 Å². The molecule has 0 aliphatic carbocycles. The quantitative estimate of drug-likeness (QED) is 0.144. The van der Waals surface area contributed by atoms with Gasteiger partial charge < -0.3 is 28.3 Å². The maximum Gasteiger partial charge on any atom is 0.297 e. The number of methoxy groups -OCH3 is 2. The predicted molar refractivity (Wildman–Crippen MR) is 202 cm³/mol. The summed E-state index contributed by atoms with van der Waals surface area (Å²) in [6.07, 6.45) is 5.13. The van der Waals surface area contributed by atoms with Crippen LogP contribution in [0.25, 0.3) is 11.4 Å². The lowest BCUT2D eigenvalue weighted by atomic mass is 9.82. The van der Waals surface area contributed by atoms with Gasteiger partial charge in [-0.2, -0.15) is 0 Å². The SMILES string of the molecule is COc1cccn(-c2cccc(CN3C(=O)[C@]4(O[C@H](CCn5cc(CCO)nn5)[C@@H]([Si](C)(C)F)[C@@H]4C)c4cc(-n5cccc(OC)c5=O)ccc43)c2)c1=O. The van der Waals surface area contributed by atoms with E-state index < -0.39 is 31.6 Å². The maximum atomic E-state index is 16.6. The number of aromatic nitrogens is 5. The Morgan fingerprint density at radius 3 is 2.22 bits per heavy atom. The van der Waals surface area contributed by atoms with Crippen molar-refractivity contribution in [2.45, 2.75) is 63.2 Å². The summed E-state index contributed by atoms with van der Waals surface area (Å²) < 4.78 is 38.7. The van der Waals surface area contributed by atoms with Gasteiger partial charge in [0.2, 0.25) is 8.41 Å². The molecule has 2 aromatic carbocycles. The Bertz CT molecular complexity index is 2320. The van der Waals surface area contributed by atoms with E-state index in [0.717, 1.165) is 5.56 Å². The van der Waals surface area contributed by atoms with E-state index in [1.807, 2.05) is 25.1 Å². The van der Waals surface area contributed by atoms with Gasteiger partial charge in [0.05, 0.1) is 38.2 Å². The number of hydrogen-bond acceptors (Lipinski definition) is 9. The van der Waals surface area contributed by atoms with Crippen molar-refractivity contribution >= 4 is 20.0 Å². The third kappa shape index (κ3) is 6.35. The molecule has 15 heteroatoms. The molecule has 282 valence electrons. The lowest BCUT2D eigenvalue weighted by Gasteiger charge is -2.31. The molecular formula is C39H43FN6O7Si. The van der Waals surface area contributed by atoms with Gasteiger partial charge in [-0.25, -0.2) is 0 Å². The summed E-state index contributed by atoms with van der Waals surface area (Å²) in [6.45, 7) is 5.63. The van der Waals surface area contributed by atoms with Crippen LogP contribution >= 0.6 is 0 Å². The van der Waals surface area contributed by atoms with E-state index in [9.17, 15) is 14.7 Å². The first-order chi connectivity index (χ1) is 25.9. The number of fused-ring (bicyclic) bond motifs is 2. The molecule has 1 spiro atoms. The molecule has 1 saturated heterocycles. The summed E-state index contributed by atoms with van der Waals surface area (Å²) in [7, 11) is -0.611. The van der Waals surface area contributed by atoms with E-state index in [-0.39, 0.29) is 41.7 Å². The highest BCUT2D eigenvalue weighted by Gasteiger charge is 2.66. The van der Waals surface area contributed by atoms with E-state index >= 15 is 8.90 Å². The van der Waals surface area contributed by atoms with Gasteiger partial charge in [-0.15, -0.1) is 5.10 Å². The zero-order valence-corrected chi connectivity index (χ0v) is 31.8. The summed E-state index contributed by atoms with van der Waals surface area (Å²) in [4.78, 5) is 43.3. The van der Waals surface area contributed by atoms with Gasteiger partial charge in [-0.3, -0.25) is 28.2 Å². The minimum atomic E-state index is -3.48. The fourth-order valence-corrected chi connectivity index (χ4v) is 10.7. The average Bonchev–Trinajstić information content (AvgIpc) is 3.80. The molecule has 5 aromatic rings. The topological polar surface area (TPSA) is 143 Å². The first-order valence-electron chi connectivity index (χ1n) is 17.8. The molecule has 0 bridgehead atoms. The van der Waals surface area contributed by atoms with Crippen LogP contribution in [0.5, 0.6) is 11.5 Å². The van der Waals surface area contributed by atoms with Crippen LogP contribution in [0.3, 0.4) is 0 Å². The Morgan fingerprint density at radius 1 is 0.926 bits per heavy atom. The van der Waals surface area contributed by atoms with E-state index in [1.165, 1.54) is 23.4 Å². The van der Waals surface area contributed by atoms with Crippen molar-refractivity contribution in [3.05, 3.63) is 123 Å². The second-order valence-electron chi connectivity index (χ2n) is 14.3. The summed E-state index contributed by atoms with van der Waals surface area (Å²) in [5.74, 6) is -0.554. The second kappa shape index (κ2) is 14.5. The molecule has 1 N–H and O–H groups in total. The highest BCUT2D eigenvalue weighted by atomic mass is 28.4. The van der Waals surface area contributed by atoms with Gasteiger partial charge in [0, 0.05) is 66.6 Å². The van der Waals surface area contributed by atoms with Crippen molar-refractivity contribution in [1.82, 2.24) is 24.1 Å². The molecule has 13 nitrogen and oxygen atoms in total. The molecule has 4 atom stereocenters. The number of benzene rings is 2. The standard InChI is InChI=1S/C39H43FN6O7Si/c1-25-35(54(4,5)40)32(15-19-43-24-27(16-20-47)41-42-43)53-39(25)30-22-29(45-18-8-12-34(52-3)37(45)49)13-14-31(30)46(38(39)50)23-26-9-6-10-28(21-26)44-17-7-11-33(51-2)36(44)48/h6-14,17-18,21-22,24-25,32,35,47H,15-16,19-20,23H2,1-5H3/t25-,32+,35-,39+/m0/s1. The number of anilines is 1. The Kier molecular flexibility index (Phi) is 9.89. The maximum absolute atomic E-state index is 16.6. The highest BCUT2D eigenvalue weighted by Crippen LogP contribution is 2.60. The third-order valence-corrected chi connectivity index (χ3v) is 13.1. The van der Waals surface area contributed by atoms with Gasteiger partial charge >= 0.3 is 0 Å². The fraction of sp³-hybridized carbons (Fsp3) is 0.359. The molecule has 0 saturated carbocycles. The van der Waals surface area contributed by atoms with Gasteiger partial charge in [0.1, 0.15) is 0 Å². The largest absolute Gasteiger partial charge is 0.491 e. The number of carbonyl (C=O) groups excluding carboxylic acids is 1. The summed E-state index contributed by atoms with van der Waals surface area (Å²) in [5.41, 5.74) is 0.779. The lowest BCUT2D eigenvalue weighted by Crippen LogP contribution is -2.45. The van der Waals surface area contributed by atoms with Crippen molar-refractivity contribution < 1.29 is 28.2 Å².